The zero-order valence-electron chi connectivity index (χ0n) is 15.7. The molecule has 2 atom stereocenters. The summed E-state index contributed by atoms with van der Waals surface area (Å²) < 4.78 is 0. The van der Waals surface area contributed by atoms with Crippen molar-refractivity contribution < 1.29 is 24.9 Å². The Labute approximate surface area is 166 Å². The van der Waals surface area contributed by atoms with Crippen molar-refractivity contribution in [2.75, 3.05) is 0 Å². The third-order valence-electron chi connectivity index (χ3n) is 4.71. The minimum atomic E-state index is -1.24. The summed E-state index contributed by atoms with van der Waals surface area (Å²) in [5.41, 5.74) is 1.77. The van der Waals surface area contributed by atoms with E-state index in [4.69, 9.17) is 0 Å². The molecule has 0 fully saturated rings. The van der Waals surface area contributed by atoms with Gasteiger partial charge in [0.1, 0.15) is 6.04 Å². The Bertz CT molecular complexity index is 960. The third-order valence-corrected chi connectivity index (χ3v) is 4.71. The van der Waals surface area contributed by atoms with Gasteiger partial charge in [-0.05, 0) is 5.56 Å². The molecule has 0 unspecified atom stereocenters. The smallest absolute Gasteiger partial charge is 0.270 e. The second-order valence-corrected chi connectivity index (χ2v) is 6.80. The van der Waals surface area contributed by atoms with Gasteiger partial charge in [-0.1, -0.05) is 42.5 Å². The highest BCUT2D eigenvalue weighted by molar-refractivity contribution is 6.03. The van der Waals surface area contributed by atoms with Crippen molar-refractivity contribution in [3.8, 4) is 0 Å². The number of carboxylic acid groups (broad SMARTS) is 1. The molecule has 3 rings (SSSR count). The zero-order chi connectivity index (χ0) is 21.0. The number of carbonyl (C=O) groups excluding carboxylic acids is 2. The average molecular weight is 396 g/mol. The minimum absolute atomic E-state index is 0.0799. The van der Waals surface area contributed by atoms with Crippen LogP contribution >= 0.6 is 0 Å². The Kier molecular flexibility index (Phi) is 5.99. The minimum Gasteiger partial charge on any atom is -0.544 e. The number of nitrogens with two attached hydrogens (primary N) is 1. The summed E-state index contributed by atoms with van der Waals surface area (Å²) in [4.78, 5) is 34.2. The topological polar surface area (TPSA) is 133 Å². The lowest BCUT2D eigenvalue weighted by Crippen LogP contribution is -3.00. The van der Waals surface area contributed by atoms with Gasteiger partial charge in [0.25, 0.3) is 5.69 Å². The normalized spacial score (nSPS) is 16.9. The number of nitro benzene ring substituents is 1. The third kappa shape index (κ3) is 4.82. The Balaban J connectivity index is 1.80. The van der Waals surface area contributed by atoms with Crippen molar-refractivity contribution in [2.45, 2.75) is 32.0 Å². The number of hydrogen-bond donors (Lipinski definition) is 1. The van der Waals surface area contributed by atoms with Crippen LogP contribution in [-0.4, -0.2) is 39.7 Å². The van der Waals surface area contributed by atoms with Gasteiger partial charge in [0, 0.05) is 31.0 Å². The van der Waals surface area contributed by atoms with Gasteiger partial charge < -0.3 is 15.2 Å². The summed E-state index contributed by atoms with van der Waals surface area (Å²) in [6.07, 6.45) is -0.0787. The van der Waals surface area contributed by atoms with Gasteiger partial charge >= 0.3 is 0 Å². The fraction of sp³-hybridized carbons (Fsp3) is 0.250. The van der Waals surface area contributed by atoms with Crippen molar-refractivity contribution >= 4 is 23.3 Å². The van der Waals surface area contributed by atoms with E-state index in [2.05, 4.69) is 5.10 Å². The number of carboxylic acids is 1. The fourth-order valence-corrected chi connectivity index (χ4v) is 3.32. The molecule has 1 aliphatic rings. The second kappa shape index (κ2) is 8.61. The molecule has 1 heterocycles. The number of hydrazone groups is 1. The maximum Gasteiger partial charge on any atom is 0.270 e. The lowest BCUT2D eigenvalue weighted by atomic mass is 10.0. The predicted octanol–water partition coefficient (Wildman–Crippen LogP) is -0.198. The maximum absolute atomic E-state index is 12.0. The number of quaternary nitrogens is 1. The van der Waals surface area contributed by atoms with E-state index < -0.39 is 23.1 Å². The summed E-state index contributed by atoms with van der Waals surface area (Å²) in [5.74, 6) is -1.58. The standard InChI is InChI=1S/C20H20N4O5/c1-13(25)23-19(21-18(20(26)27)10-14-6-3-2-4-7-14)12-17(22-23)15-8-5-9-16(11-15)24(28)29/h2-9,11,18-19,21H,10,12H2,1H3,(H,26,27)/t18-,19+/m0/s1. The van der Waals surface area contributed by atoms with E-state index in [0.717, 1.165) is 5.56 Å². The first-order valence-electron chi connectivity index (χ1n) is 9.07. The van der Waals surface area contributed by atoms with Crippen molar-refractivity contribution in [1.29, 1.82) is 0 Å². The average Bonchev–Trinajstić information content (AvgIpc) is 3.12. The number of benzene rings is 2. The number of nitrogens with zero attached hydrogens (tertiary/aromatic N) is 3. The molecule has 0 bridgehead atoms. The molecular formula is C20H20N4O5. The zero-order valence-corrected chi connectivity index (χ0v) is 15.7. The first-order valence-corrected chi connectivity index (χ1v) is 9.07. The molecule has 0 spiro atoms. The van der Waals surface area contributed by atoms with E-state index in [1.54, 1.807) is 17.4 Å². The summed E-state index contributed by atoms with van der Waals surface area (Å²) in [6.45, 7) is 1.34. The summed E-state index contributed by atoms with van der Waals surface area (Å²) >= 11 is 0. The number of aliphatic carboxylic acids is 1. The Morgan fingerprint density at radius 2 is 1.97 bits per heavy atom. The van der Waals surface area contributed by atoms with Crippen LogP contribution in [-0.2, 0) is 16.0 Å². The molecule has 9 nitrogen and oxygen atoms in total. The van der Waals surface area contributed by atoms with Crippen LogP contribution in [0.25, 0.3) is 0 Å². The van der Waals surface area contributed by atoms with E-state index in [1.165, 1.54) is 24.1 Å². The first kappa shape index (κ1) is 20.2. The molecule has 2 aromatic carbocycles. The molecule has 1 aliphatic heterocycles. The van der Waals surface area contributed by atoms with Gasteiger partial charge in [-0.3, -0.25) is 14.9 Å². The van der Waals surface area contributed by atoms with Gasteiger partial charge in [0.15, 0.2) is 6.17 Å². The van der Waals surface area contributed by atoms with Gasteiger partial charge in [-0.2, -0.15) is 10.1 Å². The van der Waals surface area contributed by atoms with Crippen molar-refractivity contribution in [2.24, 2.45) is 5.10 Å². The summed E-state index contributed by atoms with van der Waals surface area (Å²) in [7, 11) is 0. The van der Waals surface area contributed by atoms with Crippen LogP contribution in [0, 0.1) is 10.1 Å². The molecule has 150 valence electrons. The summed E-state index contributed by atoms with van der Waals surface area (Å²) in [5, 5.41) is 29.8. The predicted molar refractivity (Wildman–Crippen MR) is 101 cm³/mol. The lowest BCUT2D eigenvalue weighted by molar-refractivity contribution is -0.728. The summed E-state index contributed by atoms with van der Waals surface area (Å²) in [6, 6.07) is 14.2. The van der Waals surface area contributed by atoms with Crippen LogP contribution in [0.3, 0.4) is 0 Å². The Morgan fingerprint density at radius 1 is 1.24 bits per heavy atom. The molecule has 0 radical (unpaired) electrons. The SMILES string of the molecule is CC(=O)N1N=C(c2cccc([N+](=O)[O-])c2)C[C@@H]1[NH2+][C@@H](Cc1ccccc1)C(=O)[O-]. The number of hydrogen-bond acceptors (Lipinski definition) is 6. The molecule has 0 aliphatic carbocycles. The first-order chi connectivity index (χ1) is 13.8. The van der Waals surface area contributed by atoms with Crippen LogP contribution in [0.4, 0.5) is 5.69 Å². The molecule has 9 heteroatoms. The van der Waals surface area contributed by atoms with Crippen LogP contribution < -0.4 is 10.4 Å². The van der Waals surface area contributed by atoms with E-state index in [9.17, 15) is 24.8 Å². The Hall–Kier alpha value is -3.59. The quantitative estimate of drug-likeness (QED) is 0.511. The molecule has 0 saturated heterocycles. The maximum atomic E-state index is 12.0. The molecule has 2 N–H and O–H groups in total. The van der Waals surface area contributed by atoms with Crippen molar-refractivity contribution in [3.05, 3.63) is 75.8 Å². The number of non-ortho nitro benzene ring substituents is 1. The van der Waals surface area contributed by atoms with Crippen LogP contribution in [0.2, 0.25) is 0 Å². The van der Waals surface area contributed by atoms with Gasteiger partial charge in [0.05, 0.1) is 23.0 Å². The van der Waals surface area contributed by atoms with E-state index >= 15 is 0 Å². The largest absolute Gasteiger partial charge is 0.544 e. The number of carbonyl (C=O) groups is 2. The molecular weight excluding hydrogens is 376 g/mol. The van der Waals surface area contributed by atoms with Crippen LogP contribution in [0.1, 0.15) is 24.5 Å². The highest BCUT2D eigenvalue weighted by Gasteiger charge is 2.35. The van der Waals surface area contributed by atoms with E-state index in [0.29, 0.717) is 11.3 Å². The molecule has 29 heavy (non-hydrogen) atoms. The van der Waals surface area contributed by atoms with Crippen molar-refractivity contribution in [1.82, 2.24) is 5.01 Å². The van der Waals surface area contributed by atoms with Gasteiger partial charge in [0.2, 0.25) is 5.91 Å². The molecule has 1 amide bonds. The molecule has 0 aromatic heterocycles. The highest BCUT2D eigenvalue weighted by Crippen LogP contribution is 2.20. The van der Waals surface area contributed by atoms with E-state index in [-0.39, 0.29) is 24.4 Å². The number of rotatable bonds is 7. The molecule has 2 aromatic rings. The second-order valence-electron chi connectivity index (χ2n) is 6.80. The molecule has 0 saturated carbocycles. The van der Waals surface area contributed by atoms with Crippen LogP contribution in [0.5, 0.6) is 0 Å². The Morgan fingerprint density at radius 3 is 2.59 bits per heavy atom. The lowest BCUT2D eigenvalue weighted by Gasteiger charge is -2.24. The number of amides is 1. The number of nitro groups is 1. The van der Waals surface area contributed by atoms with Crippen LogP contribution in [0.15, 0.2) is 59.7 Å². The monoisotopic (exact) mass is 396 g/mol. The van der Waals surface area contributed by atoms with Crippen molar-refractivity contribution in [3.63, 3.8) is 0 Å². The van der Waals surface area contributed by atoms with Gasteiger partial charge in [-0.25, -0.2) is 0 Å². The van der Waals surface area contributed by atoms with E-state index in [1.807, 2.05) is 30.3 Å². The van der Waals surface area contributed by atoms with Gasteiger partial charge in [-0.15, -0.1) is 0 Å². The highest BCUT2D eigenvalue weighted by atomic mass is 16.6. The fourth-order valence-electron chi connectivity index (χ4n) is 3.32.